The summed E-state index contributed by atoms with van der Waals surface area (Å²) < 4.78 is 0. The van der Waals surface area contributed by atoms with Crippen molar-refractivity contribution >= 4 is 5.97 Å². The Hall–Kier alpha value is -0.870. The lowest BCUT2D eigenvalue weighted by molar-refractivity contribution is -0.161. The Labute approximate surface area is 138 Å². The van der Waals surface area contributed by atoms with Gasteiger partial charge in [0.05, 0.1) is 12.2 Å². The van der Waals surface area contributed by atoms with Crippen LogP contribution in [0.5, 0.6) is 0 Å². The van der Waals surface area contributed by atoms with Gasteiger partial charge in [0.15, 0.2) is 0 Å². The Balaban J connectivity index is 1.96. The molecule has 0 radical (unpaired) electrons. The van der Waals surface area contributed by atoms with E-state index in [0.29, 0.717) is 17.4 Å². The van der Waals surface area contributed by atoms with E-state index in [1.165, 1.54) is 0 Å². The molecule has 2 saturated carbocycles. The summed E-state index contributed by atoms with van der Waals surface area (Å²) in [6.45, 7) is 6.66. The topological polar surface area (TPSA) is 77.8 Å². The van der Waals surface area contributed by atoms with Crippen molar-refractivity contribution in [3.05, 3.63) is 11.6 Å². The number of rotatable bonds is 1. The minimum atomic E-state index is -0.899. The van der Waals surface area contributed by atoms with Crippen LogP contribution >= 0.6 is 0 Å². The minimum Gasteiger partial charge on any atom is -0.478 e. The molecule has 0 amide bonds. The van der Waals surface area contributed by atoms with Crippen LogP contribution in [0.4, 0.5) is 0 Å². The molecule has 2 fully saturated rings. The SMILES string of the molecule is CC1(C)C(O)CCC2(C)C3CC=C(C(=O)O)CC(O)C3CCC12. The fourth-order valence-corrected chi connectivity index (χ4v) is 6.08. The monoisotopic (exact) mass is 322 g/mol. The highest BCUT2D eigenvalue weighted by Crippen LogP contribution is 2.63. The molecule has 0 aliphatic heterocycles. The van der Waals surface area contributed by atoms with Crippen molar-refractivity contribution in [1.29, 1.82) is 0 Å². The Morgan fingerprint density at radius 3 is 2.52 bits per heavy atom. The van der Waals surface area contributed by atoms with Gasteiger partial charge in [0.1, 0.15) is 0 Å². The summed E-state index contributed by atoms with van der Waals surface area (Å²) in [4.78, 5) is 11.4. The van der Waals surface area contributed by atoms with Gasteiger partial charge in [-0.1, -0.05) is 26.8 Å². The number of hydrogen-bond donors (Lipinski definition) is 3. The van der Waals surface area contributed by atoms with Crippen molar-refractivity contribution in [2.75, 3.05) is 0 Å². The average Bonchev–Trinajstić information content (AvgIpc) is 2.64. The number of carboxylic acids is 1. The number of carbonyl (C=O) groups is 1. The molecule has 0 heterocycles. The Bertz CT molecular complexity index is 523. The standard InChI is InChI=1S/C19H30O4/c1-18(2)15-7-5-12-13(19(15,3)9-8-16(18)21)6-4-11(17(22)23)10-14(12)20/h4,12-16,20-21H,5-10H2,1-3H3,(H,22,23). The molecule has 3 aliphatic rings. The molecule has 3 aliphatic carbocycles. The van der Waals surface area contributed by atoms with E-state index in [1.807, 2.05) is 6.08 Å². The Kier molecular flexibility index (Phi) is 4.13. The van der Waals surface area contributed by atoms with Gasteiger partial charge < -0.3 is 15.3 Å². The van der Waals surface area contributed by atoms with E-state index in [9.17, 15) is 20.1 Å². The fourth-order valence-electron chi connectivity index (χ4n) is 6.08. The maximum absolute atomic E-state index is 11.4. The van der Waals surface area contributed by atoms with Crippen LogP contribution in [-0.4, -0.2) is 33.5 Å². The van der Waals surface area contributed by atoms with Crippen molar-refractivity contribution in [3.8, 4) is 0 Å². The molecule has 0 spiro atoms. The number of fused-ring (bicyclic) bond motifs is 3. The normalized spacial score (nSPS) is 46.1. The van der Waals surface area contributed by atoms with Crippen LogP contribution < -0.4 is 0 Å². The first-order chi connectivity index (χ1) is 10.7. The first kappa shape index (κ1) is 17.0. The van der Waals surface area contributed by atoms with Crippen molar-refractivity contribution in [2.45, 2.75) is 71.5 Å². The molecule has 6 unspecified atom stereocenters. The number of aliphatic carboxylic acids is 1. The van der Waals surface area contributed by atoms with Crippen LogP contribution in [0, 0.1) is 28.6 Å². The van der Waals surface area contributed by atoms with Crippen molar-refractivity contribution < 1.29 is 20.1 Å². The van der Waals surface area contributed by atoms with Gasteiger partial charge in [-0.15, -0.1) is 0 Å². The summed E-state index contributed by atoms with van der Waals surface area (Å²) in [6, 6.07) is 0. The Morgan fingerprint density at radius 1 is 1.17 bits per heavy atom. The second kappa shape index (κ2) is 5.59. The van der Waals surface area contributed by atoms with Gasteiger partial charge in [0.25, 0.3) is 0 Å². The zero-order valence-corrected chi connectivity index (χ0v) is 14.5. The fraction of sp³-hybridized carbons (Fsp3) is 0.842. The maximum atomic E-state index is 11.4. The minimum absolute atomic E-state index is 0.0665. The molecule has 3 rings (SSSR count). The van der Waals surface area contributed by atoms with E-state index in [1.54, 1.807) is 0 Å². The largest absolute Gasteiger partial charge is 0.478 e. The van der Waals surface area contributed by atoms with E-state index in [4.69, 9.17) is 0 Å². The molecule has 6 atom stereocenters. The van der Waals surface area contributed by atoms with E-state index in [2.05, 4.69) is 20.8 Å². The summed E-state index contributed by atoms with van der Waals surface area (Å²) in [5.74, 6) is 0.00559. The molecule has 3 N–H and O–H groups in total. The summed E-state index contributed by atoms with van der Waals surface area (Å²) in [5.41, 5.74) is 0.313. The molecule has 23 heavy (non-hydrogen) atoms. The van der Waals surface area contributed by atoms with Crippen molar-refractivity contribution in [2.24, 2.45) is 28.6 Å². The molecule has 0 aromatic heterocycles. The van der Waals surface area contributed by atoms with Gasteiger partial charge in [-0.05, 0) is 60.7 Å². The molecule has 0 aromatic rings. The van der Waals surface area contributed by atoms with Crippen LogP contribution in [0.2, 0.25) is 0 Å². The van der Waals surface area contributed by atoms with Crippen LogP contribution in [0.25, 0.3) is 0 Å². The lowest BCUT2D eigenvalue weighted by Crippen LogP contribution is -2.57. The van der Waals surface area contributed by atoms with Gasteiger partial charge in [0, 0.05) is 12.0 Å². The predicted molar refractivity (Wildman–Crippen MR) is 87.8 cm³/mol. The smallest absolute Gasteiger partial charge is 0.331 e. The molecular formula is C19H30O4. The summed E-state index contributed by atoms with van der Waals surface area (Å²) in [6.07, 6.45) is 5.74. The van der Waals surface area contributed by atoms with Gasteiger partial charge in [0.2, 0.25) is 0 Å². The first-order valence-corrected chi connectivity index (χ1v) is 8.96. The summed E-state index contributed by atoms with van der Waals surface area (Å²) in [7, 11) is 0. The molecule has 130 valence electrons. The predicted octanol–water partition coefficient (Wildman–Crippen LogP) is 2.98. The van der Waals surface area contributed by atoms with Gasteiger partial charge >= 0.3 is 5.97 Å². The molecular weight excluding hydrogens is 292 g/mol. The molecule has 4 heteroatoms. The highest BCUT2D eigenvalue weighted by molar-refractivity contribution is 5.86. The highest BCUT2D eigenvalue weighted by Gasteiger charge is 2.58. The van der Waals surface area contributed by atoms with Crippen molar-refractivity contribution in [3.63, 3.8) is 0 Å². The quantitative estimate of drug-likeness (QED) is 0.693. The van der Waals surface area contributed by atoms with Crippen molar-refractivity contribution in [1.82, 2.24) is 0 Å². The van der Waals surface area contributed by atoms with Gasteiger partial charge in [-0.25, -0.2) is 4.79 Å². The number of aliphatic hydroxyl groups is 2. The number of hydrogen-bond acceptors (Lipinski definition) is 3. The lowest BCUT2D eigenvalue weighted by Gasteiger charge is -2.61. The molecule has 0 aromatic carbocycles. The molecule has 4 nitrogen and oxygen atoms in total. The number of aliphatic hydroxyl groups excluding tert-OH is 2. The van der Waals surface area contributed by atoms with E-state index < -0.39 is 12.1 Å². The second-order valence-corrected chi connectivity index (χ2v) is 8.82. The zero-order chi connectivity index (χ0) is 17.0. The summed E-state index contributed by atoms with van der Waals surface area (Å²) >= 11 is 0. The van der Waals surface area contributed by atoms with Crippen LogP contribution in [0.3, 0.4) is 0 Å². The zero-order valence-electron chi connectivity index (χ0n) is 14.5. The molecule has 0 saturated heterocycles. The molecule has 0 bridgehead atoms. The number of allylic oxidation sites excluding steroid dienone is 1. The third-order valence-electron chi connectivity index (χ3n) is 7.48. The van der Waals surface area contributed by atoms with Gasteiger partial charge in [-0.3, -0.25) is 0 Å². The van der Waals surface area contributed by atoms with Crippen LogP contribution in [-0.2, 0) is 4.79 Å². The summed E-state index contributed by atoms with van der Waals surface area (Å²) in [5, 5.41) is 30.4. The van der Waals surface area contributed by atoms with E-state index in [-0.39, 0.29) is 29.3 Å². The first-order valence-electron chi connectivity index (χ1n) is 8.96. The lowest BCUT2D eigenvalue weighted by atomic mass is 9.45. The van der Waals surface area contributed by atoms with E-state index in [0.717, 1.165) is 32.1 Å². The van der Waals surface area contributed by atoms with Crippen LogP contribution in [0.1, 0.15) is 59.3 Å². The highest BCUT2D eigenvalue weighted by atomic mass is 16.4. The van der Waals surface area contributed by atoms with Crippen LogP contribution in [0.15, 0.2) is 11.6 Å². The third kappa shape index (κ3) is 2.54. The number of carboxylic acid groups (broad SMARTS) is 1. The second-order valence-electron chi connectivity index (χ2n) is 8.82. The van der Waals surface area contributed by atoms with E-state index >= 15 is 0 Å². The average molecular weight is 322 g/mol. The third-order valence-corrected chi connectivity index (χ3v) is 7.48. The van der Waals surface area contributed by atoms with Gasteiger partial charge in [-0.2, -0.15) is 0 Å². The Morgan fingerprint density at radius 2 is 1.87 bits per heavy atom. The maximum Gasteiger partial charge on any atom is 0.331 e.